The van der Waals surface area contributed by atoms with E-state index in [1.165, 1.54) is 38.5 Å². The van der Waals surface area contributed by atoms with E-state index >= 15 is 0 Å². The molecule has 4 saturated carbocycles. The average molecular weight is 401 g/mol. The predicted octanol–water partition coefficient (Wildman–Crippen LogP) is 5.42. The van der Waals surface area contributed by atoms with Crippen molar-refractivity contribution in [2.45, 2.75) is 64.5 Å². The van der Waals surface area contributed by atoms with Crippen LogP contribution in [-0.4, -0.2) is 12.6 Å². The fourth-order valence-corrected chi connectivity index (χ4v) is 7.80. The second-order valence-corrected chi connectivity index (χ2v) is 10.9. The van der Waals surface area contributed by atoms with Gasteiger partial charge in [-0.15, -0.1) is 0 Å². The molecule has 2 N–H and O–H groups in total. The first-order chi connectivity index (χ1) is 13.3. The molecule has 150 valence electrons. The molecule has 2 unspecified atom stereocenters. The van der Waals surface area contributed by atoms with Gasteiger partial charge >= 0.3 is 0 Å². The van der Waals surface area contributed by atoms with Crippen LogP contribution in [0.5, 0.6) is 5.75 Å². The molecule has 1 heterocycles. The van der Waals surface area contributed by atoms with E-state index in [1.54, 1.807) is 7.11 Å². The molecule has 6 rings (SSSR count). The van der Waals surface area contributed by atoms with Crippen LogP contribution >= 0.6 is 11.6 Å². The van der Waals surface area contributed by atoms with E-state index in [4.69, 9.17) is 20.8 Å². The van der Waals surface area contributed by atoms with Gasteiger partial charge < -0.3 is 14.5 Å². The topological polar surface area (TPSA) is 39.0 Å². The molecule has 1 aromatic carbocycles. The summed E-state index contributed by atoms with van der Waals surface area (Å²) in [5.74, 6) is 3.54. The quantitative estimate of drug-likeness (QED) is 0.727. The second-order valence-electron chi connectivity index (χ2n) is 10.5. The molecule has 0 aliphatic heterocycles. The Labute approximate surface area is 172 Å². The number of methoxy groups -OCH3 is 1. The van der Waals surface area contributed by atoms with Crippen LogP contribution in [0, 0.1) is 16.7 Å². The first kappa shape index (κ1) is 18.6. The lowest BCUT2D eigenvalue weighted by Crippen LogP contribution is -2.98. The van der Waals surface area contributed by atoms with Crippen molar-refractivity contribution >= 4 is 11.6 Å². The monoisotopic (exact) mass is 400 g/mol. The number of rotatable bonds is 5. The molecule has 1 aromatic heterocycles. The zero-order valence-electron chi connectivity index (χ0n) is 17.2. The van der Waals surface area contributed by atoms with Crippen molar-refractivity contribution in [3.8, 4) is 17.1 Å². The van der Waals surface area contributed by atoms with Crippen LogP contribution in [0.4, 0.5) is 0 Å². The minimum absolute atomic E-state index is 0.416. The Bertz CT molecular complexity index is 886. The van der Waals surface area contributed by atoms with Gasteiger partial charge in [0.05, 0.1) is 17.7 Å². The first-order valence-corrected chi connectivity index (χ1v) is 10.9. The molecule has 4 heteroatoms. The molecule has 28 heavy (non-hydrogen) atoms. The van der Waals surface area contributed by atoms with Crippen molar-refractivity contribution in [2.24, 2.45) is 16.7 Å². The van der Waals surface area contributed by atoms with Gasteiger partial charge in [-0.2, -0.15) is 0 Å². The third-order valence-electron chi connectivity index (χ3n) is 7.50. The van der Waals surface area contributed by atoms with Gasteiger partial charge in [-0.3, -0.25) is 0 Å². The number of hydrogen-bond donors (Lipinski definition) is 1. The van der Waals surface area contributed by atoms with Gasteiger partial charge in [0.25, 0.3) is 0 Å². The smallest absolute Gasteiger partial charge is 0.158 e. The lowest BCUT2D eigenvalue weighted by Gasteiger charge is -2.63. The SMILES string of the molecule is COc1ccc(-c2ccc(C[NH2+]C34CC5C[C@@](C)(C3)C[C@](C)(C5)C4)o2)cc1Cl. The van der Waals surface area contributed by atoms with Crippen molar-refractivity contribution in [2.75, 3.05) is 7.11 Å². The Hall–Kier alpha value is -1.45. The van der Waals surface area contributed by atoms with Crippen molar-refractivity contribution in [3.05, 3.63) is 41.1 Å². The number of furan rings is 1. The lowest BCUT2D eigenvalue weighted by atomic mass is 9.43. The van der Waals surface area contributed by atoms with Crippen LogP contribution < -0.4 is 10.1 Å². The number of nitrogens with two attached hydrogens (primary N) is 1. The fraction of sp³-hybridized carbons (Fsp3) is 0.583. The summed E-state index contributed by atoms with van der Waals surface area (Å²) in [6.45, 7) is 6.00. The van der Waals surface area contributed by atoms with Crippen LogP contribution in [0.15, 0.2) is 34.7 Å². The molecule has 0 saturated heterocycles. The highest BCUT2D eigenvalue weighted by Gasteiger charge is 2.62. The highest BCUT2D eigenvalue weighted by atomic mass is 35.5. The van der Waals surface area contributed by atoms with Gasteiger partial charge in [0, 0.05) is 24.8 Å². The van der Waals surface area contributed by atoms with E-state index in [2.05, 4.69) is 31.3 Å². The van der Waals surface area contributed by atoms with Gasteiger partial charge in [-0.1, -0.05) is 25.4 Å². The number of quaternary nitrogens is 1. The third kappa shape index (κ3) is 3.17. The third-order valence-corrected chi connectivity index (χ3v) is 7.80. The molecule has 0 radical (unpaired) electrons. The van der Waals surface area contributed by atoms with Crippen molar-refractivity contribution < 1.29 is 14.5 Å². The van der Waals surface area contributed by atoms with Crippen LogP contribution in [0.3, 0.4) is 0 Å². The average Bonchev–Trinajstić information content (AvgIpc) is 3.06. The zero-order chi connectivity index (χ0) is 19.6. The van der Waals surface area contributed by atoms with Gasteiger partial charge in [0.15, 0.2) is 5.76 Å². The highest BCUT2D eigenvalue weighted by molar-refractivity contribution is 6.32. The van der Waals surface area contributed by atoms with Crippen LogP contribution in [-0.2, 0) is 6.54 Å². The summed E-state index contributed by atoms with van der Waals surface area (Å²) in [7, 11) is 1.63. The molecular formula is C24H31ClNO2+. The Morgan fingerprint density at radius 2 is 1.82 bits per heavy atom. The summed E-state index contributed by atoms with van der Waals surface area (Å²) < 4.78 is 11.4. The van der Waals surface area contributed by atoms with E-state index < -0.39 is 0 Å². The molecular weight excluding hydrogens is 370 g/mol. The molecule has 4 fully saturated rings. The van der Waals surface area contributed by atoms with Crippen molar-refractivity contribution in [1.82, 2.24) is 0 Å². The molecule has 3 nitrogen and oxygen atoms in total. The van der Waals surface area contributed by atoms with Gasteiger partial charge in [-0.25, -0.2) is 0 Å². The maximum Gasteiger partial charge on any atom is 0.158 e. The molecule has 2 aromatic rings. The highest BCUT2D eigenvalue weighted by Crippen LogP contribution is 2.65. The standard InChI is InChI=1S/C24H30ClNO2/c1-22-9-16-10-23(2,13-22)15-24(11-16,14-22)26-12-18-5-7-20(28-18)17-4-6-21(27-3)19(25)8-17/h4-8,16,26H,9-15H2,1-3H3/p+1/t16?,22-,23+,24?. The summed E-state index contributed by atoms with van der Waals surface area (Å²) in [5.41, 5.74) is 2.52. The zero-order valence-corrected chi connectivity index (χ0v) is 17.9. The Kier molecular flexibility index (Phi) is 4.16. The minimum atomic E-state index is 0.416. The predicted molar refractivity (Wildman–Crippen MR) is 111 cm³/mol. The molecule has 4 aliphatic carbocycles. The van der Waals surface area contributed by atoms with Crippen LogP contribution in [0.25, 0.3) is 11.3 Å². The number of hydrogen-bond acceptors (Lipinski definition) is 2. The first-order valence-electron chi connectivity index (χ1n) is 10.6. The van der Waals surface area contributed by atoms with E-state index in [0.29, 0.717) is 27.1 Å². The van der Waals surface area contributed by atoms with Crippen molar-refractivity contribution in [1.29, 1.82) is 0 Å². The van der Waals surface area contributed by atoms with E-state index in [-0.39, 0.29) is 0 Å². The van der Waals surface area contributed by atoms with Crippen molar-refractivity contribution in [3.63, 3.8) is 0 Å². The van der Waals surface area contributed by atoms with E-state index in [1.807, 2.05) is 18.2 Å². The number of ether oxygens (including phenoxy) is 1. The van der Waals surface area contributed by atoms with Gasteiger partial charge in [0.1, 0.15) is 18.1 Å². The molecule has 0 amide bonds. The number of halogens is 1. The summed E-state index contributed by atoms with van der Waals surface area (Å²) in [6.07, 6.45) is 8.44. The summed E-state index contributed by atoms with van der Waals surface area (Å²) in [6, 6.07) is 9.98. The Balaban J connectivity index is 1.31. The van der Waals surface area contributed by atoms with Gasteiger partial charge in [0.2, 0.25) is 0 Å². The second kappa shape index (κ2) is 6.27. The summed E-state index contributed by atoms with van der Waals surface area (Å²) in [4.78, 5) is 0. The maximum absolute atomic E-state index is 6.28. The van der Waals surface area contributed by atoms with Gasteiger partial charge in [-0.05, 0) is 66.3 Å². The largest absolute Gasteiger partial charge is 0.495 e. The lowest BCUT2D eigenvalue weighted by molar-refractivity contribution is -0.757. The molecule has 0 spiro atoms. The summed E-state index contributed by atoms with van der Waals surface area (Å²) >= 11 is 6.28. The normalized spacial score (nSPS) is 36.1. The molecule has 4 aliphatic rings. The van der Waals surface area contributed by atoms with E-state index in [9.17, 15) is 0 Å². The maximum atomic E-state index is 6.28. The number of benzene rings is 1. The minimum Gasteiger partial charge on any atom is -0.495 e. The van der Waals surface area contributed by atoms with E-state index in [0.717, 1.165) is 29.5 Å². The Morgan fingerprint density at radius 1 is 1.07 bits per heavy atom. The Morgan fingerprint density at radius 3 is 2.46 bits per heavy atom. The summed E-state index contributed by atoms with van der Waals surface area (Å²) in [5, 5.41) is 3.22. The fourth-order valence-electron chi connectivity index (χ4n) is 7.54. The van der Waals surface area contributed by atoms with Crippen LogP contribution in [0.2, 0.25) is 5.02 Å². The molecule has 4 atom stereocenters. The molecule has 4 bridgehead atoms. The van der Waals surface area contributed by atoms with Crippen LogP contribution in [0.1, 0.15) is 58.1 Å².